The van der Waals surface area contributed by atoms with Gasteiger partial charge in [0.2, 0.25) is 6.79 Å². The number of hydrogen-bond acceptors (Lipinski definition) is 6. The summed E-state index contributed by atoms with van der Waals surface area (Å²) in [5, 5.41) is 6.54. The Labute approximate surface area is 191 Å². The lowest BCUT2D eigenvalue weighted by Gasteiger charge is -2.09. The molecule has 2 amide bonds. The van der Waals surface area contributed by atoms with E-state index >= 15 is 0 Å². The number of rotatable bonds is 6. The molecular weight excluding hydrogens is 513 g/mol. The predicted molar refractivity (Wildman–Crippen MR) is 122 cm³/mol. The first kappa shape index (κ1) is 20.7. The summed E-state index contributed by atoms with van der Waals surface area (Å²) in [5.74, 6) is 0.647. The summed E-state index contributed by atoms with van der Waals surface area (Å²) < 4.78 is 16.7. The zero-order valence-corrected chi connectivity index (χ0v) is 18.2. The largest absolute Gasteiger partial charge is 0.454 e. The minimum Gasteiger partial charge on any atom is -0.454 e. The molecule has 8 nitrogen and oxygen atoms in total. The van der Waals surface area contributed by atoms with Gasteiger partial charge in [-0.3, -0.25) is 9.59 Å². The molecule has 1 aliphatic rings. The van der Waals surface area contributed by atoms with Crippen LogP contribution in [0, 0.1) is 3.77 Å². The molecule has 2 heterocycles. The molecule has 9 heteroatoms. The van der Waals surface area contributed by atoms with Crippen LogP contribution in [0.3, 0.4) is 0 Å². The maximum Gasteiger partial charge on any atom is 0.287 e. The van der Waals surface area contributed by atoms with Gasteiger partial charge in [-0.1, -0.05) is 24.3 Å². The Kier molecular flexibility index (Phi) is 6.32. The van der Waals surface area contributed by atoms with Crippen LogP contribution in [0.4, 0.5) is 0 Å². The van der Waals surface area contributed by atoms with Crippen LogP contribution in [0.25, 0.3) is 6.08 Å². The van der Waals surface area contributed by atoms with Gasteiger partial charge in [-0.05, 0) is 70.6 Å². The van der Waals surface area contributed by atoms with Gasteiger partial charge in [0.05, 0.1) is 6.21 Å². The molecule has 0 radical (unpaired) electrons. The summed E-state index contributed by atoms with van der Waals surface area (Å²) in [7, 11) is 0. The fourth-order valence-electron chi connectivity index (χ4n) is 2.72. The molecule has 0 spiro atoms. The zero-order chi connectivity index (χ0) is 21.6. The van der Waals surface area contributed by atoms with Crippen molar-refractivity contribution in [3.05, 3.63) is 87.0 Å². The molecule has 0 saturated carbocycles. The number of hydrogen-bond donors (Lipinski definition) is 2. The minimum absolute atomic E-state index is 0.0129. The lowest BCUT2D eigenvalue weighted by Crippen LogP contribution is -2.32. The lowest BCUT2D eigenvalue weighted by molar-refractivity contribution is -0.117. The number of amides is 2. The van der Waals surface area contributed by atoms with Gasteiger partial charge in [-0.15, -0.1) is 0 Å². The van der Waals surface area contributed by atoms with E-state index in [0.717, 1.165) is 0 Å². The Morgan fingerprint density at radius 1 is 1.00 bits per heavy atom. The molecule has 31 heavy (non-hydrogen) atoms. The van der Waals surface area contributed by atoms with E-state index in [1.54, 1.807) is 60.7 Å². The predicted octanol–water partition coefficient (Wildman–Crippen LogP) is 3.53. The summed E-state index contributed by atoms with van der Waals surface area (Å²) in [6.07, 6.45) is 2.90. The highest BCUT2D eigenvalue weighted by Crippen LogP contribution is 2.33. The summed E-state index contributed by atoms with van der Waals surface area (Å²) in [5.41, 5.74) is 3.47. The third-order valence-electron chi connectivity index (χ3n) is 4.19. The second kappa shape index (κ2) is 9.47. The molecule has 0 fully saturated rings. The Bertz CT molecular complexity index is 1170. The fraction of sp³-hybridized carbons (Fsp3) is 0.0455. The molecular formula is C22H16IN3O5. The number of benzene rings is 2. The molecule has 0 bridgehead atoms. The van der Waals surface area contributed by atoms with E-state index in [0.29, 0.717) is 32.2 Å². The fourth-order valence-corrected chi connectivity index (χ4v) is 3.16. The normalized spacial score (nSPS) is 12.7. The molecule has 0 unspecified atom stereocenters. The van der Waals surface area contributed by atoms with Crippen molar-refractivity contribution in [3.8, 4) is 11.5 Å². The summed E-state index contributed by atoms with van der Waals surface area (Å²) >= 11 is 2.03. The highest BCUT2D eigenvalue weighted by molar-refractivity contribution is 14.1. The zero-order valence-electron chi connectivity index (χ0n) is 16.0. The van der Waals surface area contributed by atoms with Crippen LogP contribution in [0.15, 0.2) is 75.9 Å². The van der Waals surface area contributed by atoms with Gasteiger partial charge in [0, 0.05) is 5.56 Å². The molecule has 4 rings (SSSR count). The Hall–Kier alpha value is -3.60. The maximum absolute atomic E-state index is 12.7. The maximum atomic E-state index is 12.7. The van der Waals surface area contributed by atoms with Crippen molar-refractivity contribution in [1.29, 1.82) is 0 Å². The number of nitrogens with one attached hydrogen (secondary N) is 2. The van der Waals surface area contributed by atoms with Crippen molar-refractivity contribution in [2.75, 3.05) is 6.79 Å². The first-order valence-electron chi connectivity index (χ1n) is 9.15. The minimum atomic E-state index is -0.598. The number of nitrogens with zero attached hydrogens (tertiary/aromatic N) is 1. The van der Waals surface area contributed by atoms with Gasteiger partial charge >= 0.3 is 0 Å². The Morgan fingerprint density at radius 2 is 1.81 bits per heavy atom. The van der Waals surface area contributed by atoms with E-state index in [-0.39, 0.29) is 12.5 Å². The number of carbonyl (C=O) groups excluding carboxylic acids is 2. The van der Waals surface area contributed by atoms with Crippen molar-refractivity contribution in [2.45, 2.75) is 0 Å². The Morgan fingerprint density at radius 3 is 2.58 bits per heavy atom. The van der Waals surface area contributed by atoms with E-state index in [1.807, 2.05) is 22.6 Å². The summed E-state index contributed by atoms with van der Waals surface area (Å²) in [6.45, 7) is 0.140. The Balaban J connectivity index is 1.56. The standard InChI is InChI=1S/C22H16IN3O5/c23-20-9-7-16(31-20)12-24-26-22(28)17(25-21(27)15-4-2-1-3-5-15)10-14-6-8-18-19(11-14)30-13-29-18/h1-12H,13H2,(H,25,27)(H,26,28). The summed E-state index contributed by atoms with van der Waals surface area (Å²) in [6, 6.07) is 17.3. The summed E-state index contributed by atoms with van der Waals surface area (Å²) in [4.78, 5) is 25.4. The number of carbonyl (C=O) groups is 2. The quantitative estimate of drug-likeness (QED) is 0.220. The second-order valence-electron chi connectivity index (χ2n) is 6.33. The van der Waals surface area contributed by atoms with Crippen LogP contribution >= 0.6 is 22.6 Å². The van der Waals surface area contributed by atoms with Crippen LogP contribution < -0.4 is 20.2 Å². The molecule has 0 aliphatic carbocycles. The molecule has 0 saturated heterocycles. The number of ether oxygens (including phenoxy) is 2. The van der Waals surface area contributed by atoms with Gasteiger partial charge in [-0.2, -0.15) is 5.10 Å². The van der Waals surface area contributed by atoms with Gasteiger partial charge in [0.25, 0.3) is 11.8 Å². The third kappa shape index (κ3) is 5.31. The number of furan rings is 1. The smallest absolute Gasteiger partial charge is 0.287 e. The van der Waals surface area contributed by atoms with Crippen LogP contribution in [-0.4, -0.2) is 24.8 Å². The number of hydrazone groups is 1. The van der Waals surface area contributed by atoms with Crippen LogP contribution in [0.1, 0.15) is 21.7 Å². The average Bonchev–Trinajstić information content (AvgIpc) is 3.42. The molecule has 1 aliphatic heterocycles. The van der Waals surface area contributed by atoms with Crippen molar-refractivity contribution < 1.29 is 23.5 Å². The van der Waals surface area contributed by atoms with Crippen LogP contribution in [0.2, 0.25) is 0 Å². The van der Waals surface area contributed by atoms with Gasteiger partial charge < -0.3 is 19.2 Å². The molecule has 2 N–H and O–H groups in total. The number of fused-ring (bicyclic) bond motifs is 1. The van der Waals surface area contributed by atoms with Crippen LogP contribution in [-0.2, 0) is 4.79 Å². The van der Waals surface area contributed by atoms with Crippen molar-refractivity contribution >= 4 is 46.7 Å². The van der Waals surface area contributed by atoms with E-state index in [2.05, 4.69) is 15.8 Å². The molecule has 2 aromatic carbocycles. The van der Waals surface area contributed by atoms with E-state index in [9.17, 15) is 9.59 Å². The first-order valence-corrected chi connectivity index (χ1v) is 10.2. The second-order valence-corrected chi connectivity index (χ2v) is 7.40. The van der Waals surface area contributed by atoms with Gasteiger partial charge in [-0.25, -0.2) is 5.43 Å². The van der Waals surface area contributed by atoms with E-state index in [1.165, 1.54) is 12.3 Å². The average molecular weight is 529 g/mol. The highest BCUT2D eigenvalue weighted by atomic mass is 127. The SMILES string of the molecule is O=C(NN=Cc1ccc(I)o1)C(=Cc1ccc2c(c1)OCO2)NC(=O)c1ccccc1. The highest BCUT2D eigenvalue weighted by Gasteiger charge is 2.16. The van der Waals surface area contributed by atoms with E-state index in [4.69, 9.17) is 13.9 Å². The lowest BCUT2D eigenvalue weighted by atomic mass is 10.1. The molecule has 0 atom stereocenters. The molecule has 156 valence electrons. The van der Waals surface area contributed by atoms with Crippen molar-refractivity contribution in [3.63, 3.8) is 0 Å². The topological polar surface area (TPSA) is 102 Å². The van der Waals surface area contributed by atoms with Crippen molar-refractivity contribution in [1.82, 2.24) is 10.7 Å². The van der Waals surface area contributed by atoms with Crippen LogP contribution in [0.5, 0.6) is 11.5 Å². The van der Waals surface area contributed by atoms with E-state index < -0.39 is 11.8 Å². The molecule has 3 aromatic rings. The van der Waals surface area contributed by atoms with Gasteiger partial charge in [0.15, 0.2) is 15.3 Å². The molecule has 1 aromatic heterocycles. The van der Waals surface area contributed by atoms with Crippen molar-refractivity contribution in [2.24, 2.45) is 5.10 Å². The van der Waals surface area contributed by atoms with Gasteiger partial charge in [0.1, 0.15) is 11.5 Å². The monoisotopic (exact) mass is 529 g/mol. The number of halogens is 1. The third-order valence-corrected chi connectivity index (χ3v) is 4.77. The first-order chi connectivity index (χ1) is 15.1.